The van der Waals surface area contributed by atoms with Crippen LogP contribution in [0.4, 0.5) is 10.5 Å². The number of para-hydroxylation sites is 1. The number of methoxy groups -OCH3 is 1. The van der Waals surface area contributed by atoms with Gasteiger partial charge in [-0.05, 0) is 43.3 Å². The minimum atomic E-state index is -1.02. The highest BCUT2D eigenvalue weighted by molar-refractivity contribution is 8.18. The van der Waals surface area contributed by atoms with Gasteiger partial charge in [0.05, 0.1) is 16.9 Å². The summed E-state index contributed by atoms with van der Waals surface area (Å²) in [4.78, 5) is 49.0. The first kappa shape index (κ1) is 23.2. The van der Waals surface area contributed by atoms with Gasteiger partial charge in [-0.25, -0.2) is 4.79 Å². The lowest BCUT2D eigenvalue weighted by Gasteiger charge is -2.18. The van der Waals surface area contributed by atoms with Crippen molar-refractivity contribution in [3.8, 4) is 0 Å². The number of ether oxygens (including phenoxy) is 1. The summed E-state index contributed by atoms with van der Waals surface area (Å²) in [6.45, 7) is 3.84. The van der Waals surface area contributed by atoms with Crippen LogP contribution in [0.5, 0.6) is 0 Å². The van der Waals surface area contributed by atoms with Gasteiger partial charge in [-0.3, -0.25) is 24.6 Å². The maximum atomic E-state index is 13.0. The Morgan fingerprint density at radius 3 is 2.50 bits per heavy atom. The molecule has 3 aromatic rings. The molecule has 174 valence electrons. The van der Waals surface area contributed by atoms with Crippen LogP contribution in [0.1, 0.15) is 23.7 Å². The fraction of sp³-hybridized carbons (Fsp3) is 0.208. The maximum Gasteiger partial charge on any atom is 0.328 e. The summed E-state index contributed by atoms with van der Waals surface area (Å²) in [5, 5.41) is 11.3. The second kappa shape index (κ2) is 9.14. The van der Waals surface area contributed by atoms with Gasteiger partial charge in [0, 0.05) is 40.8 Å². The molecular formula is C24H21N3O6S. The van der Waals surface area contributed by atoms with Crippen LogP contribution in [-0.4, -0.2) is 44.7 Å². The zero-order valence-electron chi connectivity index (χ0n) is 18.7. The van der Waals surface area contributed by atoms with Crippen LogP contribution in [-0.2, 0) is 20.9 Å². The standard InChI is InChI=1S/C24H21N3O6S/c1-14-19(12-21-22(28)26(24(30)34-21)15(2)23(29)33-3)18-6-4-5-7-20(18)25(14)13-16-8-10-17(11-9-16)27(31)32/h4-12,15H,13H2,1-3H3/b21-12+/t15-/m1/s1. The topological polar surface area (TPSA) is 112 Å². The zero-order valence-corrected chi connectivity index (χ0v) is 19.5. The number of hydrogen-bond donors (Lipinski definition) is 0. The van der Waals surface area contributed by atoms with Crippen molar-refractivity contribution < 1.29 is 24.0 Å². The van der Waals surface area contributed by atoms with E-state index in [2.05, 4.69) is 9.30 Å². The SMILES string of the molecule is COC(=O)[C@@H](C)N1C(=O)S/C(=C/c2c(C)n(Cc3ccc([N+](=O)[O-])cc3)c3ccccc23)C1=O. The Labute approximate surface area is 199 Å². The van der Waals surface area contributed by atoms with E-state index in [0.29, 0.717) is 6.54 Å². The van der Waals surface area contributed by atoms with Gasteiger partial charge in [-0.2, -0.15) is 0 Å². The summed E-state index contributed by atoms with van der Waals surface area (Å²) in [5.41, 5.74) is 3.48. The molecule has 0 unspecified atom stereocenters. The summed E-state index contributed by atoms with van der Waals surface area (Å²) in [6, 6.07) is 13.0. The quantitative estimate of drug-likeness (QED) is 0.221. The second-order valence-electron chi connectivity index (χ2n) is 7.78. The van der Waals surface area contributed by atoms with Crippen LogP contribution < -0.4 is 0 Å². The molecule has 2 amide bonds. The van der Waals surface area contributed by atoms with Crippen molar-refractivity contribution >= 4 is 51.5 Å². The molecule has 34 heavy (non-hydrogen) atoms. The molecule has 1 atom stereocenters. The smallest absolute Gasteiger partial charge is 0.328 e. The highest BCUT2D eigenvalue weighted by Gasteiger charge is 2.41. The highest BCUT2D eigenvalue weighted by atomic mass is 32.2. The average molecular weight is 480 g/mol. The molecule has 0 bridgehead atoms. The van der Waals surface area contributed by atoms with Gasteiger partial charge in [0.2, 0.25) is 0 Å². The number of esters is 1. The van der Waals surface area contributed by atoms with Gasteiger partial charge in [0.15, 0.2) is 0 Å². The van der Waals surface area contributed by atoms with Gasteiger partial charge in [-0.1, -0.05) is 30.3 Å². The second-order valence-corrected chi connectivity index (χ2v) is 8.77. The highest BCUT2D eigenvalue weighted by Crippen LogP contribution is 2.37. The van der Waals surface area contributed by atoms with Crippen LogP contribution in [0.15, 0.2) is 53.4 Å². The summed E-state index contributed by atoms with van der Waals surface area (Å²) < 4.78 is 6.74. The number of hydrogen-bond acceptors (Lipinski definition) is 7. The minimum Gasteiger partial charge on any atom is -0.467 e. The summed E-state index contributed by atoms with van der Waals surface area (Å²) >= 11 is 0.785. The first-order chi connectivity index (χ1) is 16.2. The average Bonchev–Trinajstić information content (AvgIpc) is 3.26. The van der Waals surface area contributed by atoms with Gasteiger partial charge in [0.1, 0.15) is 6.04 Å². The molecule has 2 aromatic carbocycles. The van der Waals surface area contributed by atoms with Crippen LogP contribution >= 0.6 is 11.8 Å². The Hall–Kier alpha value is -3.92. The number of aromatic nitrogens is 1. The van der Waals surface area contributed by atoms with E-state index in [9.17, 15) is 24.5 Å². The van der Waals surface area contributed by atoms with Crippen molar-refractivity contribution in [3.63, 3.8) is 0 Å². The number of benzene rings is 2. The number of imide groups is 1. The van der Waals surface area contributed by atoms with Crippen molar-refractivity contribution in [2.75, 3.05) is 7.11 Å². The normalized spacial score (nSPS) is 15.9. The number of non-ortho nitro benzene ring substituents is 1. The molecule has 0 spiro atoms. The van der Waals surface area contributed by atoms with Crippen LogP contribution in [0.3, 0.4) is 0 Å². The zero-order chi connectivity index (χ0) is 24.6. The van der Waals surface area contributed by atoms with Gasteiger partial charge in [0.25, 0.3) is 16.8 Å². The van der Waals surface area contributed by atoms with E-state index in [-0.39, 0.29) is 10.6 Å². The number of carbonyl (C=O) groups is 3. The number of thioether (sulfide) groups is 1. The number of fused-ring (bicyclic) bond motifs is 1. The lowest BCUT2D eigenvalue weighted by molar-refractivity contribution is -0.384. The molecule has 9 nitrogen and oxygen atoms in total. The number of rotatable bonds is 6. The Balaban J connectivity index is 1.73. The fourth-order valence-electron chi connectivity index (χ4n) is 3.97. The third-order valence-electron chi connectivity index (χ3n) is 5.80. The van der Waals surface area contributed by atoms with Crippen molar-refractivity contribution in [2.45, 2.75) is 26.4 Å². The molecule has 1 fully saturated rings. The predicted octanol–water partition coefficient (Wildman–Crippen LogP) is 4.50. The molecule has 0 N–H and O–H groups in total. The van der Waals surface area contributed by atoms with E-state index in [1.807, 2.05) is 31.2 Å². The molecule has 1 aliphatic rings. The number of nitrogens with zero attached hydrogens (tertiary/aromatic N) is 3. The van der Waals surface area contributed by atoms with Crippen LogP contribution in [0, 0.1) is 17.0 Å². The Bertz CT molecular complexity index is 1360. The maximum absolute atomic E-state index is 13.0. The largest absolute Gasteiger partial charge is 0.467 e. The molecule has 0 saturated carbocycles. The molecule has 1 aromatic heterocycles. The molecule has 4 rings (SSSR count). The first-order valence-corrected chi connectivity index (χ1v) is 11.2. The van der Waals surface area contributed by atoms with Crippen LogP contribution in [0.25, 0.3) is 17.0 Å². The van der Waals surface area contributed by atoms with Gasteiger partial charge >= 0.3 is 5.97 Å². The van der Waals surface area contributed by atoms with Crippen molar-refractivity contribution in [1.29, 1.82) is 0 Å². The Kier molecular flexibility index (Phi) is 6.25. The molecular weight excluding hydrogens is 458 g/mol. The first-order valence-electron chi connectivity index (χ1n) is 10.4. The Morgan fingerprint density at radius 2 is 1.85 bits per heavy atom. The summed E-state index contributed by atoms with van der Waals surface area (Å²) in [5.74, 6) is -1.21. The molecule has 1 saturated heterocycles. The van der Waals surface area contributed by atoms with Crippen molar-refractivity contribution in [1.82, 2.24) is 9.47 Å². The van der Waals surface area contributed by atoms with E-state index >= 15 is 0 Å². The monoisotopic (exact) mass is 479 g/mol. The van der Waals surface area contributed by atoms with Crippen molar-refractivity contribution in [2.24, 2.45) is 0 Å². The van der Waals surface area contributed by atoms with Crippen LogP contribution in [0.2, 0.25) is 0 Å². The van der Waals surface area contributed by atoms with E-state index in [1.54, 1.807) is 18.2 Å². The number of amides is 2. The van der Waals surface area contributed by atoms with E-state index in [0.717, 1.165) is 44.4 Å². The number of nitro benzene ring substituents is 1. The molecule has 2 heterocycles. The van der Waals surface area contributed by atoms with Crippen molar-refractivity contribution in [3.05, 3.63) is 80.4 Å². The third kappa shape index (κ3) is 4.08. The summed E-state index contributed by atoms with van der Waals surface area (Å²) in [7, 11) is 1.21. The molecule has 0 aliphatic carbocycles. The van der Waals surface area contributed by atoms with Gasteiger partial charge in [-0.15, -0.1) is 0 Å². The fourth-order valence-corrected chi connectivity index (χ4v) is 4.86. The Morgan fingerprint density at radius 1 is 1.18 bits per heavy atom. The molecule has 10 heteroatoms. The summed E-state index contributed by atoms with van der Waals surface area (Å²) in [6.07, 6.45) is 1.68. The minimum absolute atomic E-state index is 0.0235. The van der Waals surface area contributed by atoms with E-state index in [4.69, 9.17) is 0 Å². The lowest BCUT2D eigenvalue weighted by atomic mass is 10.1. The molecule has 1 aliphatic heterocycles. The lowest BCUT2D eigenvalue weighted by Crippen LogP contribution is -2.42. The molecule has 0 radical (unpaired) electrons. The predicted molar refractivity (Wildman–Crippen MR) is 128 cm³/mol. The van der Waals surface area contributed by atoms with E-state index in [1.165, 1.54) is 26.2 Å². The van der Waals surface area contributed by atoms with E-state index < -0.39 is 28.1 Å². The van der Waals surface area contributed by atoms with Gasteiger partial charge < -0.3 is 9.30 Å². The number of carbonyl (C=O) groups excluding carboxylic acids is 3. The number of nitro groups is 1. The third-order valence-corrected chi connectivity index (χ3v) is 6.68.